The number of aliphatic hydroxyl groups is 1. The number of nitrogens with one attached hydrogen (secondary N) is 2. The van der Waals surface area contributed by atoms with Gasteiger partial charge in [-0.2, -0.15) is 5.11 Å². The molecule has 1 atom stereocenters. The van der Waals surface area contributed by atoms with Gasteiger partial charge in [0.25, 0.3) is 0 Å². The number of nitrogens with zero attached hydrogens (tertiary/aromatic N) is 1. The Morgan fingerprint density at radius 1 is 1.14 bits per heavy atom. The number of aryl methyl sites for hydroxylation is 1. The van der Waals surface area contributed by atoms with Gasteiger partial charge >= 0.3 is 0 Å². The Kier molecular flexibility index (Phi) is 5.44. The molecule has 0 aliphatic rings. The molecule has 2 rings (SSSR count). The van der Waals surface area contributed by atoms with Gasteiger partial charge in [-0.25, -0.2) is 5.53 Å². The highest BCUT2D eigenvalue weighted by Gasteiger charge is 2.09. The van der Waals surface area contributed by atoms with Crippen molar-refractivity contribution < 1.29 is 5.11 Å². The van der Waals surface area contributed by atoms with Crippen molar-refractivity contribution in [2.45, 2.75) is 19.4 Å². The van der Waals surface area contributed by atoms with Gasteiger partial charge in [0.1, 0.15) is 6.04 Å². The van der Waals surface area contributed by atoms with Gasteiger partial charge in [-0.1, -0.05) is 49.9 Å². The quantitative estimate of drug-likeness (QED) is 0.669. The van der Waals surface area contributed by atoms with Crippen LogP contribution in [0.25, 0.3) is 11.1 Å². The van der Waals surface area contributed by atoms with Crippen LogP contribution >= 0.6 is 0 Å². The summed E-state index contributed by atoms with van der Waals surface area (Å²) in [6.45, 7) is 5.73. The fourth-order valence-electron chi connectivity index (χ4n) is 2.18. The molecule has 0 saturated carbocycles. The van der Waals surface area contributed by atoms with Crippen molar-refractivity contribution in [2.24, 2.45) is 5.11 Å². The molecule has 0 radical (unpaired) electrons. The van der Waals surface area contributed by atoms with Gasteiger partial charge in [0.15, 0.2) is 0 Å². The molecule has 114 valence electrons. The summed E-state index contributed by atoms with van der Waals surface area (Å²) in [5, 5.41) is 15.5. The summed E-state index contributed by atoms with van der Waals surface area (Å²) in [6.07, 6.45) is 1.04. The number of anilines is 1. The first-order valence-electron chi connectivity index (χ1n) is 7.30. The summed E-state index contributed by atoms with van der Waals surface area (Å²) in [5.74, 6) is 0. The fraction of sp³-hybridized carbons (Fsp3) is 0.222. The molecule has 0 aliphatic carbocycles. The first kappa shape index (κ1) is 15.9. The van der Waals surface area contributed by atoms with Crippen LogP contribution in [0.4, 0.5) is 5.69 Å². The van der Waals surface area contributed by atoms with Crippen molar-refractivity contribution in [3.05, 3.63) is 66.4 Å². The van der Waals surface area contributed by atoms with Crippen LogP contribution in [0.1, 0.15) is 12.5 Å². The second kappa shape index (κ2) is 7.52. The topological polar surface area (TPSA) is 68.5 Å². The largest absolute Gasteiger partial charge is 0.394 e. The van der Waals surface area contributed by atoms with E-state index in [0.717, 1.165) is 17.7 Å². The van der Waals surface area contributed by atoms with E-state index in [-0.39, 0.29) is 6.61 Å². The van der Waals surface area contributed by atoms with Crippen LogP contribution in [0, 0.1) is 5.53 Å². The van der Waals surface area contributed by atoms with Gasteiger partial charge in [0, 0.05) is 11.4 Å². The molecule has 0 unspecified atom stereocenters. The zero-order valence-electron chi connectivity index (χ0n) is 12.7. The average molecular weight is 295 g/mol. The SMILES string of the molecule is C=C(Nc1ccc(-c2ccc(CC)cc2)cc1)[C@H](CO)N=N. The van der Waals surface area contributed by atoms with Crippen LogP contribution in [0.3, 0.4) is 0 Å². The van der Waals surface area contributed by atoms with Crippen LogP contribution in [-0.2, 0) is 6.42 Å². The van der Waals surface area contributed by atoms with E-state index < -0.39 is 6.04 Å². The molecular formula is C18H21N3O. The van der Waals surface area contributed by atoms with Crippen molar-refractivity contribution in [3.8, 4) is 11.1 Å². The molecule has 4 heteroatoms. The molecule has 4 nitrogen and oxygen atoms in total. The summed E-state index contributed by atoms with van der Waals surface area (Å²) in [5.41, 5.74) is 12.0. The lowest BCUT2D eigenvalue weighted by Crippen LogP contribution is -2.17. The number of hydrogen-bond acceptors (Lipinski definition) is 4. The maximum atomic E-state index is 9.10. The molecule has 0 saturated heterocycles. The van der Waals surface area contributed by atoms with Gasteiger partial charge in [-0.3, -0.25) is 0 Å². The van der Waals surface area contributed by atoms with Crippen LogP contribution in [-0.4, -0.2) is 17.8 Å². The molecule has 3 N–H and O–H groups in total. The number of rotatable bonds is 7. The molecule has 0 fully saturated rings. The summed E-state index contributed by atoms with van der Waals surface area (Å²) >= 11 is 0. The average Bonchev–Trinajstić information content (AvgIpc) is 2.57. The van der Waals surface area contributed by atoms with Crippen molar-refractivity contribution in [1.29, 1.82) is 5.53 Å². The van der Waals surface area contributed by atoms with Gasteiger partial charge in [-0.15, -0.1) is 0 Å². The highest BCUT2D eigenvalue weighted by Crippen LogP contribution is 2.23. The van der Waals surface area contributed by atoms with E-state index in [0.29, 0.717) is 5.70 Å². The van der Waals surface area contributed by atoms with Gasteiger partial charge in [0.2, 0.25) is 0 Å². The summed E-state index contributed by atoms with van der Waals surface area (Å²) < 4.78 is 0. The standard InChI is InChI=1S/C18H21N3O/c1-3-14-4-6-15(7-5-14)16-8-10-17(11-9-16)20-13(2)18(12-22)21-19/h4-11,18-20,22H,2-3,12H2,1H3/t18-/m0/s1. The predicted molar refractivity (Wildman–Crippen MR) is 90.0 cm³/mol. The monoisotopic (exact) mass is 295 g/mol. The third kappa shape index (κ3) is 3.80. The second-order valence-electron chi connectivity index (χ2n) is 5.11. The van der Waals surface area contributed by atoms with Crippen molar-refractivity contribution in [3.63, 3.8) is 0 Å². The third-order valence-corrected chi connectivity index (χ3v) is 3.62. The second-order valence-corrected chi connectivity index (χ2v) is 5.11. The molecule has 22 heavy (non-hydrogen) atoms. The van der Waals surface area contributed by atoms with Crippen molar-refractivity contribution >= 4 is 5.69 Å². The van der Waals surface area contributed by atoms with Gasteiger partial charge in [-0.05, 0) is 35.2 Å². The van der Waals surface area contributed by atoms with E-state index >= 15 is 0 Å². The van der Waals surface area contributed by atoms with Gasteiger partial charge in [0.05, 0.1) is 6.61 Å². The molecular weight excluding hydrogens is 274 g/mol. The van der Waals surface area contributed by atoms with Crippen LogP contribution in [0.2, 0.25) is 0 Å². The summed E-state index contributed by atoms with van der Waals surface area (Å²) in [7, 11) is 0. The maximum Gasteiger partial charge on any atom is 0.133 e. The zero-order valence-corrected chi connectivity index (χ0v) is 12.7. The minimum Gasteiger partial charge on any atom is -0.394 e. The van der Waals surface area contributed by atoms with Crippen LogP contribution in [0.5, 0.6) is 0 Å². The van der Waals surface area contributed by atoms with Gasteiger partial charge < -0.3 is 10.4 Å². The third-order valence-electron chi connectivity index (χ3n) is 3.62. The Morgan fingerprint density at radius 2 is 1.68 bits per heavy atom. The normalized spacial score (nSPS) is 11.7. The summed E-state index contributed by atoms with van der Waals surface area (Å²) in [6, 6.07) is 15.9. The van der Waals surface area contributed by atoms with E-state index in [1.165, 1.54) is 11.1 Å². The van der Waals surface area contributed by atoms with E-state index in [9.17, 15) is 0 Å². The predicted octanol–water partition coefficient (Wildman–Crippen LogP) is 4.23. The molecule has 0 bridgehead atoms. The van der Waals surface area contributed by atoms with E-state index in [4.69, 9.17) is 10.6 Å². The van der Waals surface area contributed by atoms with Crippen LogP contribution in [0.15, 0.2) is 65.9 Å². The molecule has 0 spiro atoms. The molecule has 0 aromatic heterocycles. The lowest BCUT2D eigenvalue weighted by molar-refractivity contribution is 0.276. The van der Waals surface area contributed by atoms with Crippen LogP contribution < -0.4 is 5.32 Å². The lowest BCUT2D eigenvalue weighted by atomic mass is 10.0. The van der Waals surface area contributed by atoms with Crippen molar-refractivity contribution in [2.75, 3.05) is 11.9 Å². The molecule has 2 aromatic rings. The summed E-state index contributed by atoms with van der Waals surface area (Å²) in [4.78, 5) is 0. The Labute approximate surface area is 131 Å². The number of aliphatic hydroxyl groups excluding tert-OH is 1. The lowest BCUT2D eigenvalue weighted by Gasteiger charge is -2.14. The fourth-order valence-corrected chi connectivity index (χ4v) is 2.18. The smallest absolute Gasteiger partial charge is 0.133 e. The highest BCUT2D eigenvalue weighted by atomic mass is 16.3. The Bertz CT molecular complexity index is 632. The first-order chi connectivity index (χ1) is 10.7. The molecule has 2 aromatic carbocycles. The molecule has 0 heterocycles. The maximum absolute atomic E-state index is 9.10. The van der Waals surface area contributed by atoms with E-state index in [1.54, 1.807) is 0 Å². The Morgan fingerprint density at radius 3 is 2.14 bits per heavy atom. The minimum atomic E-state index is -0.610. The molecule has 0 amide bonds. The minimum absolute atomic E-state index is 0.225. The number of benzene rings is 2. The Balaban J connectivity index is 2.09. The number of hydrogen-bond donors (Lipinski definition) is 3. The molecule has 0 aliphatic heterocycles. The van der Waals surface area contributed by atoms with E-state index in [2.05, 4.69) is 48.2 Å². The van der Waals surface area contributed by atoms with E-state index in [1.807, 2.05) is 24.3 Å². The zero-order chi connectivity index (χ0) is 15.9. The highest BCUT2D eigenvalue weighted by molar-refractivity contribution is 5.66. The first-order valence-corrected chi connectivity index (χ1v) is 7.30. The van der Waals surface area contributed by atoms with Crippen molar-refractivity contribution in [1.82, 2.24) is 0 Å². The Hall–Kier alpha value is -2.46.